The van der Waals surface area contributed by atoms with Crippen LogP contribution < -0.4 is 16.0 Å². The van der Waals surface area contributed by atoms with Crippen LogP contribution in [0.4, 0.5) is 5.82 Å². The van der Waals surface area contributed by atoms with Crippen LogP contribution in [0.3, 0.4) is 0 Å². The summed E-state index contributed by atoms with van der Waals surface area (Å²) in [6.07, 6.45) is 0.325. The predicted molar refractivity (Wildman–Crippen MR) is 112 cm³/mol. The van der Waals surface area contributed by atoms with E-state index in [1.54, 1.807) is 30.3 Å². The zero-order valence-corrected chi connectivity index (χ0v) is 17.4. The van der Waals surface area contributed by atoms with Crippen molar-refractivity contribution < 1.29 is 4.79 Å². The smallest absolute Gasteiger partial charge is 0.253 e. The highest BCUT2D eigenvalue weighted by Gasteiger charge is 2.35. The van der Waals surface area contributed by atoms with Gasteiger partial charge in [0.1, 0.15) is 12.0 Å². The van der Waals surface area contributed by atoms with E-state index in [1.165, 1.54) is 12.3 Å². The number of nitrogens with zero attached hydrogens (tertiary/aromatic N) is 1. The van der Waals surface area contributed by atoms with Gasteiger partial charge in [0.25, 0.3) is 5.91 Å². The normalized spacial score (nSPS) is 12.2. The first-order valence-corrected chi connectivity index (χ1v) is 9.27. The molecule has 1 atom stereocenters. The third kappa shape index (κ3) is 6.61. The number of anilines is 1. The average Bonchev–Trinajstić information content (AvgIpc) is 2.55. The summed E-state index contributed by atoms with van der Waals surface area (Å²) >= 11 is 34.6. The van der Waals surface area contributed by atoms with Crippen LogP contribution in [0.5, 0.6) is 0 Å². The molecule has 0 saturated carbocycles. The van der Waals surface area contributed by atoms with Gasteiger partial charge in [0.2, 0.25) is 3.79 Å². The summed E-state index contributed by atoms with van der Waals surface area (Å²) in [6.45, 7) is 0. The minimum absolute atomic E-state index is 0.0857. The first kappa shape index (κ1) is 21.3. The molecule has 26 heavy (non-hydrogen) atoms. The molecule has 1 amide bonds. The Morgan fingerprint density at radius 1 is 1.08 bits per heavy atom. The Kier molecular flexibility index (Phi) is 7.58. The minimum Gasteiger partial charge on any atom is -0.339 e. The third-order valence-electron chi connectivity index (χ3n) is 2.93. The van der Waals surface area contributed by atoms with Crippen LogP contribution in [0.15, 0.2) is 42.6 Å². The van der Waals surface area contributed by atoms with Crippen molar-refractivity contribution in [3.63, 3.8) is 0 Å². The molecule has 0 aliphatic rings. The second-order valence-electron chi connectivity index (χ2n) is 4.92. The number of pyridine rings is 1. The highest BCUT2D eigenvalue weighted by atomic mass is 35.6. The van der Waals surface area contributed by atoms with Gasteiger partial charge in [0.05, 0.1) is 5.02 Å². The van der Waals surface area contributed by atoms with E-state index >= 15 is 0 Å². The number of halogens is 5. The molecule has 0 radical (unpaired) electrons. The van der Waals surface area contributed by atoms with Crippen LogP contribution in [0.2, 0.25) is 10.0 Å². The van der Waals surface area contributed by atoms with Gasteiger partial charge in [0.15, 0.2) is 5.11 Å². The highest BCUT2D eigenvalue weighted by molar-refractivity contribution is 7.80. The molecular formula is C15H11Cl5N4OS. The van der Waals surface area contributed by atoms with Crippen molar-refractivity contribution in [2.24, 2.45) is 0 Å². The average molecular weight is 473 g/mol. The lowest BCUT2D eigenvalue weighted by atomic mass is 10.2. The Balaban J connectivity index is 2.06. The van der Waals surface area contributed by atoms with Gasteiger partial charge in [-0.3, -0.25) is 4.79 Å². The van der Waals surface area contributed by atoms with Gasteiger partial charge < -0.3 is 16.0 Å². The van der Waals surface area contributed by atoms with Gasteiger partial charge in [-0.05, 0) is 42.5 Å². The monoisotopic (exact) mass is 470 g/mol. The summed E-state index contributed by atoms with van der Waals surface area (Å²) in [5, 5.41) is 9.04. The largest absolute Gasteiger partial charge is 0.339 e. The molecule has 0 fully saturated rings. The first-order valence-electron chi connectivity index (χ1n) is 6.97. The van der Waals surface area contributed by atoms with Crippen molar-refractivity contribution in [1.29, 1.82) is 0 Å². The molecule has 0 spiro atoms. The molecule has 0 aliphatic heterocycles. The number of thiocarbonyl (C=S) groups is 1. The third-order valence-corrected chi connectivity index (χ3v) is 4.27. The summed E-state index contributed by atoms with van der Waals surface area (Å²) in [5.41, 5.74) is 0.303. The number of hydrogen-bond acceptors (Lipinski definition) is 3. The van der Waals surface area contributed by atoms with E-state index in [0.29, 0.717) is 21.4 Å². The number of carbonyl (C=O) groups is 1. The van der Waals surface area contributed by atoms with Crippen LogP contribution in [-0.4, -0.2) is 26.0 Å². The van der Waals surface area contributed by atoms with Gasteiger partial charge >= 0.3 is 0 Å². The number of benzene rings is 1. The maximum Gasteiger partial charge on any atom is 0.253 e. The van der Waals surface area contributed by atoms with Gasteiger partial charge in [-0.1, -0.05) is 64.1 Å². The molecule has 1 heterocycles. The van der Waals surface area contributed by atoms with E-state index in [4.69, 9.17) is 70.2 Å². The fraction of sp³-hybridized carbons (Fsp3) is 0.133. The number of rotatable bonds is 4. The maximum atomic E-state index is 12.4. The predicted octanol–water partition coefficient (Wildman–Crippen LogP) is 4.80. The Labute approximate surface area is 180 Å². The summed E-state index contributed by atoms with van der Waals surface area (Å²) in [6, 6.07) is 9.58. The van der Waals surface area contributed by atoms with Crippen LogP contribution in [0.25, 0.3) is 0 Å². The molecule has 3 N–H and O–H groups in total. The van der Waals surface area contributed by atoms with Crippen molar-refractivity contribution in [3.8, 4) is 0 Å². The second kappa shape index (κ2) is 9.26. The molecule has 0 unspecified atom stereocenters. The standard InChI is InChI=1S/C15H11Cl5N4OS/c16-9-3-1-2-8(6-9)12(25)23-13(15(18,19)20)24-14(26)22-11-5-4-10(17)7-21-11/h1-7,13H,(H,23,25)(H2,21,22,24,26)/t13-/m1/s1. The Bertz CT molecular complexity index is 797. The van der Waals surface area contributed by atoms with E-state index in [-0.39, 0.29) is 5.11 Å². The lowest BCUT2D eigenvalue weighted by Gasteiger charge is -2.27. The zero-order chi connectivity index (χ0) is 19.3. The van der Waals surface area contributed by atoms with Crippen LogP contribution in [-0.2, 0) is 0 Å². The summed E-state index contributed by atoms with van der Waals surface area (Å²) in [4.78, 5) is 16.4. The van der Waals surface area contributed by atoms with Crippen molar-refractivity contribution in [1.82, 2.24) is 15.6 Å². The topological polar surface area (TPSA) is 66.1 Å². The molecule has 1 aromatic heterocycles. The molecule has 11 heteroatoms. The van der Waals surface area contributed by atoms with Crippen LogP contribution in [0.1, 0.15) is 10.4 Å². The maximum absolute atomic E-state index is 12.4. The van der Waals surface area contributed by atoms with Crippen LogP contribution in [0, 0.1) is 0 Å². The van der Waals surface area contributed by atoms with E-state index in [2.05, 4.69) is 20.9 Å². The molecule has 0 aliphatic carbocycles. The highest BCUT2D eigenvalue weighted by Crippen LogP contribution is 2.29. The van der Waals surface area contributed by atoms with E-state index in [9.17, 15) is 4.79 Å². The summed E-state index contributed by atoms with van der Waals surface area (Å²) in [7, 11) is 0. The fourth-order valence-corrected chi connectivity index (χ4v) is 2.63. The SMILES string of the molecule is O=C(N[C@H](NC(=S)Nc1ccc(Cl)cn1)C(Cl)(Cl)Cl)c1cccc(Cl)c1. The zero-order valence-electron chi connectivity index (χ0n) is 12.8. The quantitative estimate of drug-likeness (QED) is 0.339. The lowest BCUT2D eigenvalue weighted by Crippen LogP contribution is -2.56. The van der Waals surface area contributed by atoms with Crippen molar-refractivity contribution in [3.05, 3.63) is 58.2 Å². The molecule has 5 nitrogen and oxygen atoms in total. The van der Waals surface area contributed by atoms with Gasteiger partial charge in [0, 0.05) is 16.8 Å². The molecule has 2 rings (SSSR count). The molecule has 0 saturated heterocycles. The number of amides is 1. The van der Waals surface area contributed by atoms with E-state index in [1.807, 2.05) is 0 Å². The van der Waals surface area contributed by atoms with Crippen molar-refractivity contribution in [2.75, 3.05) is 5.32 Å². The van der Waals surface area contributed by atoms with Crippen molar-refractivity contribution in [2.45, 2.75) is 9.96 Å². The Morgan fingerprint density at radius 3 is 2.38 bits per heavy atom. The fourth-order valence-electron chi connectivity index (χ4n) is 1.78. The Morgan fingerprint density at radius 2 is 1.81 bits per heavy atom. The number of aromatic nitrogens is 1. The minimum atomic E-state index is -1.88. The van der Waals surface area contributed by atoms with Gasteiger partial charge in [-0.2, -0.15) is 0 Å². The Hall–Kier alpha value is -1.02. The number of hydrogen-bond donors (Lipinski definition) is 3. The van der Waals surface area contributed by atoms with Gasteiger partial charge in [-0.15, -0.1) is 0 Å². The molecule has 1 aromatic carbocycles. The molecular weight excluding hydrogens is 462 g/mol. The van der Waals surface area contributed by atoms with Crippen LogP contribution >= 0.6 is 70.2 Å². The second-order valence-corrected chi connectivity index (χ2v) is 8.57. The summed E-state index contributed by atoms with van der Waals surface area (Å²) in [5.74, 6) is -0.0696. The van der Waals surface area contributed by atoms with Crippen molar-refractivity contribution >= 4 is 87.1 Å². The first-order chi connectivity index (χ1) is 12.1. The summed E-state index contributed by atoms with van der Waals surface area (Å²) < 4.78 is -1.88. The molecule has 0 bridgehead atoms. The molecule has 138 valence electrons. The number of nitrogens with one attached hydrogen (secondary N) is 3. The number of alkyl halides is 3. The lowest BCUT2D eigenvalue weighted by molar-refractivity contribution is 0.0934. The van der Waals surface area contributed by atoms with Gasteiger partial charge in [-0.25, -0.2) is 4.98 Å². The number of carbonyl (C=O) groups excluding carboxylic acids is 1. The van der Waals surface area contributed by atoms with E-state index < -0.39 is 15.9 Å². The molecule has 2 aromatic rings. The van der Waals surface area contributed by atoms with E-state index in [0.717, 1.165) is 0 Å².